The number of thiocarbonyl (C=S) groups is 1. The standard InChI is InChI=1S/C19H35NO6S/c1-3-7-17(27)20-13(15(23)10-12(21)4-2)11-26-16-9-6-5-8-14(22)18(24)19(16)25/h6,9,12-16,18-19,21-25H,3-5,7-8,10-11H2,1-2H3,(H,20,27)/b9-6-. The number of allylic oxidation sites excluding steroid dienone is 1. The molecule has 0 fully saturated rings. The van der Waals surface area contributed by atoms with Crippen LogP contribution in [-0.2, 0) is 4.74 Å². The van der Waals surface area contributed by atoms with E-state index in [1.54, 1.807) is 12.2 Å². The summed E-state index contributed by atoms with van der Waals surface area (Å²) in [5, 5.41) is 53.5. The molecule has 0 spiro atoms. The molecule has 6 N–H and O–H groups in total. The van der Waals surface area contributed by atoms with E-state index in [2.05, 4.69) is 5.32 Å². The molecular formula is C19H35NO6S. The first-order chi connectivity index (χ1) is 12.8. The van der Waals surface area contributed by atoms with Crippen molar-refractivity contribution in [2.45, 2.75) is 95.0 Å². The zero-order valence-corrected chi connectivity index (χ0v) is 17.0. The Balaban J connectivity index is 2.77. The van der Waals surface area contributed by atoms with Crippen LogP contribution in [-0.4, -0.2) is 79.8 Å². The Labute approximate surface area is 167 Å². The smallest absolute Gasteiger partial charge is 0.112 e. The lowest BCUT2D eigenvalue weighted by atomic mass is 9.96. The van der Waals surface area contributed by atoms with E-state index in [-0.39, 0.29) is 13.0 Å². The normalized spacial score (nSPS) is 30.6. The number of hydrogen-bond donors (Lipinski definition) is 6. The van der Waals surface area contributed by atoms with Gasteiger partial charge in [0.25, 0.3) is 0 Å². The summed E-state index contributed by atoms with van der Waals surface area (Å²) in [4.78, 5) is 0.598. The molecule has 0 amide bonds. The molecule has 27 heavy (non-hydrogen) atoms. The van der Waals surface area contributed by atoms with Crippen molar-refractivity contribution in [3.05, 3.63) is 12.2 Å². The molecule has 7 unspecified atom stereocenters. The Kier molecular flexibility index (Phi) is 11.6. The second kappa shape index (κ2) is 12.8. The van der Waals surface area contributed by atoms with E-state index < -0.39 is 42.7 Å². The van der Waals surface area contributed by atoms with Gasteiger partial charge in [-0.15, -0.1) is 0 Å². The van der Waals surface area contributed by atoms with Crippen LogP contribution in [0.1, 0.15) is 52.4 Å². The molecule has 158 valence electrons. The summed E-state index contributed by atoms with van der Waals surface area (Å²) < 4.78 is 5.76. The van der Waals surface area contributed by atoms with Crippen molar-refractivity contribution in [1.29, 1.82) is 0 Å². The molecule has 8 heteroatoms. The summed E-state index contributed by atoms with van der Waals surface area (Å²) in [6, 6.07) is -0.557. The number of ether oxygens (including phenoxy) is 1. The van der Waals surface area contributed by atoms with E-state index in [1.165, 1.54) is 0 Å². The van der Waals surface area contributed by atoms with Gasteiger partial charge in [-0.1, -0.05) is 38.2 Å². The molecule has 7 nitrogen and oxygen atoms in total. The second-order valence-corrected chi connectivity index (χ2v) is 7.63. The van der Waals surface area contributed by atoms with E-state index in [1.807, 2.05) is 13.8 Å². The van der Waals surface area contributed by atoms with Gasteiger partial charge in [0.15, 0.2) is 0 Å². The molecule has 1 aliphatic rings. The van der Waals surface area contributed by atoms with E-state index in [9.17, 15) is 25.5 Å². The van der Waals surface area contributed by atoms with Gasteiger partial charge in [0.2, 0.25) is 0 Å². The van der Waals surface area contributed by atoms with Gasteiger partial charge >= 0.3 is 0 Å². The van der Waals surface area contributed by atoms with Crippen LogP contribution in [0, 0.1) is 0 Å². The SMILES string of the molecule is CCCC(=S)NC(COC1/C=C\CCC(O)C(O)C1O)C(O)CC(O)CC. The topological polar surface area (TPSA) is 122 Å². The van der Waals surface area contributed by atoms with Gasteiger partial charge in [-0.3, -0.25) is 0 Å². The number of aliphatic hydroxyl groups is 5. The van der Waals surface area contributed by atoms with Crippen molar-refractivity contribution in [2.24, 2.45) is 0 Å². The molecule has 1 rings (SSSR count). The first-order valence-electron chi connectivity index (χ1n) is 9.78. The van der Waals surface area contributed by atoms with E-state index in [0.717, 1.165) is 6.42 Å². The van der Waals surface area contributed by atoms with Crippen LogP contribution in [0.3, 0.4) is 0 Å². The summed E-state index contributed by atoms with van der Waals surface area (Å²) >= 11 is 5.28. The number of aliphatic hydroxyl groups excluding tert-OH is 5. The van der Waals surface area contributed by atoms with Crippen LogP contribution in [0.4, 0.5) is 0 Å². The lowest BCUT2D eigenvalue weighted by molar-refractivity contribution is -0.117. The Morgan fingerprint density at radius 2 is 1.93 bits per heavy atom. The highest BCUT2D eigenvalue weighted by molar-refractivity contribution is 7.80. The zero-order chi connectivity index (χ0) is 20.4. The molecule has 0 radical (unpaired) electrons. The molecule has 0 aromatic heterocycles. The van der Waals surface area contributed by atoms with Gasteiger partial charge in [-0.25, -0.2) is 0 Å². The minimum Gasteiger partial charge on any atom is -0.393 e. The largest absolute Gasteiger partial charge is 0.393 e. The highest BCUT2D eigenvalue weighted by Gasteiger charge is 2.33. The van der Waals surface area contributed by atoms with Crippen LogP contribution in [0.25, 0.3) is 0 Å². The summed E-state index contributed by atoms with van der Waals surface area (Å²) in [6.45, 7) is 3.86. The van der Waals surface area contributed by atoms with Crippen molar-refractivity contribution in [2.75, 3.05) is 6.61 Å². The minimum absolute atomic E-state index is 0.0241. The molecule has 0 aliphatic heterocycles. The summed E-state index contributed by atoms with van der Waals surface area (Å²) in [7, 11) is 0. The van der Waals surface area contributed by atoms with Gasteiger partial charge in [0.05, 0.1) is 35.9 Å². The van der Waals surface area contributed by atoms with Crippen molar-refractivity contribution in [1.82, 2.24) is 5.32 Å². The highest BCUT2D eigenvalue weighted by atomic mass is 32.1. The first kappa shape index (κ1) is 24.4. The van der Waals surface area contributed by atoms with Gasteiger partial charge in [-0.05, 0) is 32.1 Å². The Morgan fingerprint density at radius 1 is 1.22 bits per heavy atom. The quantitative estimate of drug-likeness (QED) is 0.228. The van der Waals surface area contributed by atoms with Crippen LogP contribution >= 0.6 is 12.2 Å². The molecular weight excluding hydrogens is 370 g/mol. The summed E-state index contributed by atoms with van der Waals surface area (Å²) in [5.41, 5.74) is 0. The van der Waals surface area contributed by atoms with Gasteiger partial charge in [0.1, 0.15) is 18.3 Å². The fourth-order valence-electron chi connectivity index (χ4n) is 2.94. The van der Waals surface area contributed by atoms with Crippen molar-refractivity contribution >= 4 is 17.2 Å². The fraction of sp³-hybridized carbons (Fsp3) is 0.842. The first-order valence-corrected chi connectivity index (χ1v) is 10.2. The maximum atomic E-state index is 10.5. The predicted octanol–water partition coefficient (Wildman–Crippen LogP) is 0.412. The van der Waals surface area contributed by atoms with Crippen LogP contribution in [0.15, 0.2) is 12.2 Å². The zero-order valence-electron chi connectivity index (χ0n) is 16.2. The fourth-order valence-corrected chi connectivity index (χ4v) is 3.29. The van der Waals surface area contributed by atoms with Crippen LogP contribution < -0.4 is 5.32 Å². The van der Waals surface area contributed by atoms with E-state index in [0.29, 0.717) is 30.7 Å². The summed E-state index contributed by atoms with van der Waals surface area (Å²) in [5.74, 6) is 0. The molecule has 0 saturated heterocycles. The molecule has 0 saturated carbocycles. The highest BCUT2D eigenvalue weighted by Crippen LogP contribution is 2.18. The predicted molar refractivity (Wildman–Crippen MR) is 107 cm³/mol. The average Bonchev–Trinajstić information content (AvgIpc) is 2.64. The molecule has 0 aromatic carbocycles. The minimum atomic E-state index is -1.31. The number of nitrogens with one attached hydrogen (secondary N) is 1. The maximum absolute atomic E-state index is 10.5. The lowest BCUT2D eigenvalue weighted by Gasteiger charge is -2.32. The molecule has 1 aliphatic carbocycles. The number of rotatable bonds is 10. The lowest BCUT2D eigenvalue weighted by Crippen LogP contribution is -2.50. The third-order valence-electron chi connectivity index (χ3n) is 4.78. The van der Waals surface area contributed by atoms with Gasteiger partial charge in [-0.2, -0.15) is 0 Å². The van der Waals surface area contributed by atoms with Crippen LogP contribution in [0.2, 0.25) is 0 Å². The van der Waals surface area contributed by atoms with E-state index in [4.69, 9.17) is 17.0 Å². The third kappa shape index (κ3) is 8.51. The molecule has 0 bridgehead atoms. The van der Waals surface area contributed by atoms with Gasteiger partial charge in [0, 0.05) is 6.42 Å². The number of hydrogen-bond acceptors (Lipinski definition) is 7. The third-order valence-corrected chi connectivity index (χ3v) is 5.10. The summed E-state index contributed by atoms with van der Waals surface area (Å²) in [6.07, 6.45) is 0.684. The average molecular weight is 406 g/mol. The van der Waals surface area contributed by atoms with Gasteiger partial charge < -0.3 is 35.6 Å². The van der Waals surface area contributed by atoms with Crippen molar-refractivity contribution in [3.63, 3.8) is 0 Å². The Morgan fingerprint density at radius 3 is 2.56 bits per heavy atom. The van der Waals surface area contributed by atoms with Crippen LogP contribution in [0.5, 0.6) is 0 Å². The maximum Gasteiger partial charge on any atom is 0.112 e. The molecule has 7 atom stereocenters. The Bertz CT molecular complexity index is 463. The van der Waals surface area contributed by atoms with Crippen molar-refractivity contribution in [3.8, 4) is 0 Å². The molecule has 0 heterocycles. The Hall–Kier alpha value is -0.610. The second-order valence-electron chi connectivity index (χ2n) is 7.14. The monoisotopic (exact) mass is 405 g/mol. The van der Waals surface area contributed by atoms with E-state index >= 15 is 0 Å². The van der Waals surface area contributed by atoms with Crippen molar-refractivity contribution < 1.29 is 30.3 Å². The molecule has 0 aromatic rings.